The molecule has 0 amide bonds. The smallest absolute Gasteiger partial charge is 0.229 e. The molecule has 0 spiro atoms. The van der Waals surface area contributed by atoms with Crippen molar-refractivity contribution in [2.75, 3.05) is 30.9 Å². The molecule has 0 saturated carbocycles. The second-order valence-corrected chi connectivity index (χ2v) is 4.74. The Morgan fingerprint density at radius 3 is 3.00 bits per heavy atom. The van der Waals surface area contributed by atoms with Crippen molar-refractivity contribution in [1.82, 2.24) is 9.97 Å². The van der Waals surface area contributed by atoms with Crippen LogP contribution in [0.15, 0.2) is 41.0 Å². The van der Waals surface area contributed by atoms with Crippen LogP contribution in [0.5, 0.6) is 0 Å². The third kappa shape index (κ3) is 4.50. The molecule has 0 fully saturated rings. The van der Waals surface area contributed by atoms with Crippen LogP contribution >= 0.6 is 15.9 Å². The van der Waals surface area contributed by atoms with Crippen LogP contribution in [0.3, 0.4) is 0 Å². The molecule has 0 aliphatic heterocycles. The van der Waals surface area contributed by atoms with Crippen LogP contribution in [0.2, 0.25) is 0 Å². The number of hydrogen-bond donors (Lipinski definition) is 2. The van der Waals surface area contributed by atoms with E-state index in [0.29, 0.717) is 19.1 Å². The van der Waals surface area contributed by atoms with Gasteiger partial charge in [-0.25, -0.2) is 4.98 Å². The number of aromatic nitrogens is 2. The summed E-state index contributed by atoms with van der Waals surface area (Å²) in [7, 11) is 1.67. The normalized spacial score (nSPS) is 10.2. The Balaban J connectivity index is 2.02. The highest BCUT2D eigenvalue weighted by atomic mass is 79.9. The molecule has 0 atom stereocenters. The number of hydrogen-bond acceptors (Lipinski definition) is 5. The largest absolute Gasteiger partial charge is 0.383 e. The Morgan fingerprint density at radius 2 is 2.21 bits per heavy atom. The zero-order chi connectivity index (χ0) is 13.5. The highest BCUT2D eigenvalue weighted by molar-refractivity contribution is 9.10. The average Bonchev–Trinajstić information content (AvgIpc) is 2.39. The molecule has 0 aliphatic carbocycles. The van der Waals surface area contributed by atoms with Gasteiger partial charge in [-0.2, -0.15) is 4.98 Å². The second-order valence-electron chi connectivity index (χ2n) is 3.82. The molecule has 1 aromatic carbocycles. The Hall–Kier alpha value is -1.66. The number of ether oxygens (including phenoxy) is 1. The third-order valence-electron chi connectivity index (χ3n) is 2.35. The molecule has 1 heterocycles. The zero-order valence-electron chi connectivity index (χ0n) is 10.6. The zero-order valence-corrected chi connectivity index (χ0v) is 12.1. The van der Waals surface area contributed by atoms with E-state index in [4.69, 9.17) is 4.74 Å². The number of benzene rings is 1. The van der Waals surface area contributed by atoms with E-state index in [-0.39, 0.29) is 0 Å². The quantitative estimate of drug-likeness (QED) is 0.800. The first kappa shape index (κ1) is 13.8. The van der Waals surface area contributed by atoms with Gasteiger partial charge in [0.15, 0.2) is 0 Å². The number of nitrogens with one attached hydrogen (secondary N) is 2. The van der Waals surface area contributed by atoms with Gasteiger partial charge >= 0.3 is 0 Å². The lowest BCUT2D eigenvalue weighted by molar-refractivity contribution is 0.210. The molecule has 0 radical (unpaired) electrons. The number of rotatable bonds is 6. The fraction of sp³-hybridized carbons (Fsp3) is 0.231. The molecule has 1 aromatic heterocycles. The third-order valence-corrected chi connectivity index (χ3v) is 2.84. The molecule has 2 aromatic rings. The summed E-state index contributed by atoms with van der Waals surface area (Å²) < 4.78 is 5.98. The van der Waals surface area contributed by atoms with Gasteiger partial charge in [0.1, 0.15) is 5.82 Å². The molecule has 2 rings (SSSR count). The molecule has 2 N–H and O–H groups in total. The van der Waals surface area contributed by atoms with Crippen molar-refractivity contribution in [2.24, 2.45) is 0 Å². The molecular weight excluding hydrogens is 308 g/mol. The lowest BCUT2D eigenvalue weighted by atomic mass is 10.3. The predicted molar refractivity (Wildman–Crippen MR) is 79.8 cm³/mol. The predicted octanol–water partition coefficient (Wildman–Crippen LogP) is 3.04. The van der Waals surface area contributed by atoms with Gasteiger partial charge in [-0.1, -0.05) is 22.0 Å². The molecule has 0 aliphatic rings. The number of nitrogens with zero attached hydrogens (tertiary/aromatic N) is 2. The first-order valence-electron chi connectivity index (χ1n) is 5.86. The van der Waals surface area contributed by atoms with Gasteiger partial charge in [-0.15, -0.1) is 0 Å². The van der Waals surface area contributed by atoms with Gasteiger partial charge in [-0.05, 0) is 24.3 Å². The maximum Gasteiger partial charge on any atom is 0.229 e. The monoisotopic (exact) mass is 322 g/mol. The Morgan fingerprint density at radius 1 is 1.32 bits per heavy atom. The van der Waals surface area contributed by atoms with E-state index in [2.05, 4.69) is 36.5 Å². The van der Waals surface area contributed by atoms with Gasteiger partial charge in [0.25, 0.3) is 0 Å². The standard InChI is InChI=1S/C13H15BrN4O/c1-19-8-7-15-12-5-6-16-13(18-12)17-11-4-2-3-10(14)9-11/h2-6,9H,7-8H2,1H3,(H2,15,16,17,18). The number of methoxy groups -OCH3 is 1. The minimum absolute atomic E-state index is 0.556. The van der Waals surface area contributed by atoms with E-state index < -0.39 is 0 Å². The summed E-state index contributed by atoms with van der Waals surface area (Å²) in [6.45, 7) is 1.35. The van der Waals surface area contributed by atoms with Gasteiger partial charge in [0.05, 0.1) is 6.61 Å². The minimum atomic E-state index is 0.556. The molecule has 19 heavy (non-hydrogen) atoms. The van der Waals surface area contributed by atoms with E-state index in [1.54, 1.807) is 13.3 Å². The summed E-state index contributed by atoms with van der Waals surface area (Å²) in [6.07, 6.45) is 1.71. The molecule has 0 bridgehead atoms. The molecule has 100 valence electrons. The van der Waals surface area contributed by atoms with E-state index >= 15 is 0 Å². The van der Waals surface area contributed by atoms with Crippen molar-refractivity contribution >= 4 is 33.4 Å². The Kier molecular flexibility index (Phi) is 5.11. The van der Waals surface area contributed by atoms with E-state index in [9.17, 15) is 0 Å². The molecule has 0 unspecified atom stereocenters. The molecular formula is C13H15BrN4O. The van der Waals surface area contributed by atoms with Gasteiger partial charge in [0, 0.05) is 30.0 Å². The first-order valence-corrected chi connectivity index (χ1v) is 6.65. The second kappa shape index (κ2) is 7.06. The lowest BCUT2D eigenvalue weighted by Crippen LogP contribution is -2.09. The lowest BCUT2D eigenvalue weighted by Gasteiger charge is -2.08. The van der Waals surface area contributed by atoms with Crippen molar-refractivity contribution in [3.05, 3.63) is 41.0 Å². The van der Waals surface area contributed by atoms with Crippen LogP contribution in [0, 0.1) is 0 Å². The van der Waals surface area contributed by atoms with Crippen LogP contribution in [0.25, 0.3) is 0 Å². The van der Waals surface area contributed by atoms with Gasteiger partial charge < -0.3 is 15.4 Å². The summed E-state index contributed by atoms with van der Waals surface area (Å²) in [5.74, 6) is 1.32. The Labute approximate surface area is 120 Å². The van der Waals surface area contributed by atoms with E-state index in [1.165, 1.54) is 0 Å². The fourth-order valence-corrected chi connectivity index (χ4v) is 1.89. The Bertz CT molecular complexity index is 536. The first-order chi connectivity index (χ1) is 9.28. The fourth-order valence-electron chi connectivity index (χ4n) is 1.49. The van der Waals surface area contributed by atoms with E-state index in [0.717, 1.165) is 16.0 Å². The maximum atomic E-state index is 4.98. The van der Waals surface area contributed by atoms with E-state index in [1.807, 2.05) is 30.3 Å². The van der Waals surface area contributed by atoms with Crippen LogP contribution < -0.4 is 10.6 Å². The molecule has 5 nitrogen and oxygen atoms in total. The van der Waals surface area contributed by atoms with Crippen molar-refractivity contribution in [3.63, 3.8) is 0 Å². The van der Waals surface area contributed by atoms with Crippen LogP contribution in [0.4, 0.5) is 17.5 Å². The summed E-state index contributed by atoms with van der Waals surface area (Å²) >= 11 is 3.43. The topological polar surface area (TPSA) is 59.1 Å². The summed E-state index contributed by atoms with van der Waals surface area (Å²) in [6, 6.07) is 9.66. The molecule has 6 heteroatoms. The number of anilines is 3. The SMILES string of the molecule is COCCNc1ccnc(Nc2cccc(Br)c2)n1. The van der Waals surface area contributed by atoms with Crippen molar-refractivity contribution in [3.8, 4) is 0 Å². The van der Waals surface area contributed by atoms with Gasteiger partial charge in [-0.3, -0.25) is 0 Å². The number of halogens is 1. The van der Waals surface area contributed by atoms with Crippen LogP contribution in [-0.2, 0) is 4.74 Å². The van der Waals surface area contributed by atoms with Crippen LogP contribution in [0.1, 0.15) is 0 Å². The average molecular weight is 323 g/mol. The van der Waals surface area contributed by atoms with Crippen molar-refractivity contribution in [1.29, 1.82) is 0 Å². The maximum absolute atomic E-state index is 4.98. The summed E-state index contributed by atoms with van der Waals surface area (Å²) in [5.41, 5.74) is 0.934. The van der Waals surface area contributed by atoms with Crippen LogP contribution in [-0.4, -0.2) is 30.2 Å². The highest BCUT2D eigenvalue weighted by Gasteiger charge is 2.00. The van der Waals surface area contributed by atoms with Gasteiger partial charge in [0.2, 0.25) is 5.95 Å². The van der Waals surface area contributed by atoms with Crippen molar-refractivity contribution < 1.29 is 4.74 Å². The van der Waals surface area contributed by atoms with Crippen molar-refractivity contribution in [2.45, 2.75) is 0 Å². The summed E-state index contributed by atoms with van der Waals surface area (Å²) in [4.78, 5) is 8.55. The minimum Gasteiger partial charge on any atom is -0.383 e. The summed E-state index contributed by atoms with van der Waals surface area (Å²) in [5, 5.41) is 6.31. The highest BCUT2D eigenvalue weighted by Crippen LogP contribution is 2.18. The molecule has 0 saturated heterocycles.